The Kier molecular flexibility index (Phi) is 3.84. The van der Waals surface area contributed by atoms with Gasteiger partial charge in [-0.05, 0) is 25.5 Å². The first-order chi connectivity index (χ1) is 7.46. The normalized spacial score (nSPS) is 14.2. The Morgan fingerprint density at radius 1 is 1.62 bits per heavy atom. The van der Waals surface area contributed by atoms with E-state index in [0.29, 0.717) is 6.61 Å². The van der Waals surface area contributed by atoms with E-state index < -0.39 is 11.4 Å². The molecule has 16 heavy (non-hydrogen) atoms. The van der Waals surface area contributed by atoms with Gasteiger partial charge in [0.2, 0.25) is 5.88 Å². The molecule has 4 N–H and O–H groups in total. The van der Waals surface area contributed by atoms with E-state index in [0.717, 1.165) is 6.42 Å². The molecule has 1 amide bonds. The number of hydrogen-bond donors (Lipinski definition) is 2. The third-order valence-corrected chi connectivity index (χ3v) is 2.38. The molecule has 0 bridgehead atoms. The fraction of sp³-hybridized carbons (Fsp3) is 0.455. The fourth-order valence-electron chi connectivity index (χ4n) is 1.03. The number of primary amides is 1. The fourth-order valence-corrected chi connectivity index (χ4v) is 1.03. The van der Waals surface area contributed by atoms with Crippen LogP contribution in [0.1, 0.15) is 30.6 Å². The number of nitrogens with zero attached hydrogens (tertiary/aromatic N) is 1. The van der Waals surface area contributed by atoms with Gasteiger partial charge in [0.1, 0.15) is 12.2 Å². The molecule has 0 aliphatic heterocycles. The van der Waals surface area contributed by atoms with Crippen LogP contribution < -0.4 is 16.2 Å². The third-order valence-electron chi connectivity index (χ3n) is 2.38. The second-order valence-corrected chi connectivity index (χ2v) is 4.02. The topological polar surface area (TPSA) is 91.2 Å². The number of hydrogen-bond acceptors (Lipinski definition) is 4. The Labute approximate surface area is 94.8 Å². The van der Waals surface area contributed by atoms with Gasteiger partial charge in [-0.15, -0.1) is 0 Å². The van der Waals surface area contributed by atoms with Gasteiger partial charge in [-0.1, -0.05) is 6.92 Å². The van der Waals surface area contributed by atoms with Gasteiger partial charge in [-0.2, -0.15) is 0 Å². The summed E-state index contributed by atoms with van der Waals surface area (Å²) in [6.45, 7) is 4.14. The van der Waals surface area contributed by atoms with Crippen molar-refractivity contribution in [3.8, 4) is 5.88 Å². The van der Waals surface area contributed by atoms with E-state index in [4.69, 9.17) is 16.2 Å². The quantitative estimate of drug-likeness (QED) is 0.768. The van der Waals surface area contributed by atoms with Crippen LogP contribution in [0.15, 0.2) is 18.3 Å². The summed E-state index contributed by atoms with van der Waals surface area (Å²) in [7, 11) is 0. The average molecular weight is 223 g/mol. The minimum Gasteiger partial charge on any atom is -0.475 e. The third kappa shape index (κ3) is 3.20. The van der Waals surface area contributed by atoms with E-state index in [1.807, 2.05) is 13.8 Å². The Balaban J connectivity index is 2.78. The molecule has 0 spiro atoms. The van der Waals surface area contributed by atoms with E-state index >= 15 is 0 Å². The number of ether oxygens (including phenoxy) is 1. The Morgan fingerprint density at radius 2 is 2.31 bits per heavy atom. The zero-order chi connectivity index (χ0) is 12.2. The lowest BCUT2D eigenvalue weighted by Gasteiger charge is -2.22. The van der Waals surface area contributed by atoms with E-state index in [-0.39, 0.29) is 11.4 Å². The molecule has 0 aliphatic rings. The molecule has 1 rings (SSSR count). The maximum Gasteiger partial charge on any atom is 0.254 e. The minimum absolute atomic E-state index is 0.236. The van der Waals surface area contributed by atoms with Crippen molar-refractivity contribution >= 4 is 5.91 Å². The average Bonchev–Trinajstić information content (AvgIpc) is 2.27. The molecule has 88 valence electrons. The summed E-state index contributed by atoms with van der Waals surface area (Å²) in [6, 6.07) is 3.21. The second-order valence-electron chi connectivity index (χ2n) is 4.02. The highest BCUT2D eigenvalue weighted by Crippen LogP contribution is 2.15. The van der Waals surface area contributed by atoms with E-state index in [1.54, 1.807) is 18.3 Å². The van der Waals surface area contributed by atoms with Crippen molar-refractivity contribution < 1.29 is 9.53 Å². The van der Waals surface area contributed by atoms with Crippen molar-refractivity contribution in [3.63, 3.8) is 0 Å². The van der Waals surface area contributed by atoms with Gasteiger partial charge in [0.15, 0.2) is 0 Å². The van der Waals surface area contributed by atoms with Gasteiger partial charge in [-0.25, -0.2) is 4.98 Å². The summed E-state index contributed by atoms with van der Waals surface area (Å²) in [5.41, 5.74) is 11.0. The van der Waals surface area contributed by atoms with Crippen LogP contribution in [0.4, 0.5) is 0 Å². The van der Waals surface area contributed by atoms with Crippen LogP contribution in [0.5, 0.6) is 5.88 Å². The van der Waals surface area contributed by atoms with Crippen LogP contribution in [-0.4, -0.2) is 23.0 Å². The van der Waals surface area contributed by atoms with E-state index in [1.165, 1.54) is 0 Å². The van der Waals surface area contributed by atoms with Crippen LogP contribution in [-0.2, 0) is 0 Å². The number of carbonyl (C=O) groups is 1. The van der Waals surface area contributed by atoms with E-state index in [2.05, 4.69) is 4.98 Å². The second kappa shape index (κ2) is 4.94. The van der Waals surface area contributed by atoms with Crippen molar-refractivity contribution in [3.05, 3.63) is 23.9 Å². The van der Waals surface area contributed by atoms with Gasteiger partial charge < -0.3 is 16.2 Å². The lowest BCUT2D eigenvalue weighted by molar-refractivity contribution is 0.0993. The minimum atomic E-state index is -0.557. The zero-order valence-corrected chi connectivity index (χ0v) is 9.56. The van der Waals surface area contributed by atoms with Gasteiger partial charge in [0.05, 0.1) is 0 Å². The van der Waals surface area contributed by atoms with Crippen LogP contribution in [0, 0.1) is 0 Å². The number of aromatic nitrogens is 1. The monoisotopic (exact) mass is 223 g/mol. The Morgan fingerprint density at radius 3 is 2.88 bits per heavy atom. The van der Waals surface area contributed by atoms with Crippen LogP contribution in [0.2, 0.25) is 0 Å². The number of pyridine rings is 1. The van der Waals surface area contributed by atoms with Crippen LogP contribution in [0.25, 0.3) is 0 Å². The van der Waals surface area contributed by atoms with Crippen molar-refractivity contribution in [1.29, 1.82) is 0 Å². The molecular formula is C11H17N3O2. The van der Waals surface area contributed by atoms with Crippen LogP contribution in [0.3, 0.4) is 0 Å². The van der Waals surface area contributed by atoms with Gasteiger partial charge >= 0.3 is 0 Å². The van der Waals surface area contributed by atoms with Gasteiger partial charge in [-0.3, -0.25) is 4.79 Å². The van der Waals surface area contributed by atoms with Gasteiger partial charge in [0.25, 0.3) is 5.91 Å². The summed E-state index contributed by atoms with van der Waals surface area (Å²) in [4.78, 5) is 15.0. The van der Waals surface area contributed by atoms with Crippen LogP contribution >= 0.6 is 0 Å². The lowest BCUT2D eigenvalue weighted by atomic mass is 10.0. The largest absolute Gasteiger partial charge is 0.475 e. The molecular weight excluding hydrogens is 206 g/mol. The number of amides is 1. The maximum absolute atomic E-state index is 11.1. The molecule has 1 aromatic heterocycles. The molecule has 0 saturated heterocycles. The van der Waals surface area contributed by atoms with Crippen molar-refractivity contribution in [2.75, 3.05) is 6.61 Å². The predicted molar refractivity (Wildman–Crippen MR) is 61.1 cm³/mol. The SMILES string of the molecule is CCC(C)(N)COc1ncccc1C(N)=O. The summed E-state index contributed by atoms with van der Waals surface area (Å²) >= 11 is 0. The number of nitrogens with two attached hydrogens (primary N) is 2. The number of rotatable bonds is 5. The standard InChI is InChI=1S/C11H17N3O2/c1-3-11(2,13)7-16-10-8(9(12)15)5-4-6-14-10/h4-6H,3,7,13H2,1-2H3,(H2,12,15). The summed E-state index contributed by atoms with van der Waals surface area (Å²) in [6.07, 6.45) is 2.31. The van der Waals surface area contributed by atoms with Crippen molar-refractivity contribution in [1.82, 2.24) is 4.98 Å². The smallest absolute Gasteiger partial charge is 0.254 e. The molecule has 5 heteroatoms. The molecule has 5 nitrogen and oxygen atoms in total. The molecule has 0 aromatic carbocycles. The van der Waals surface area contributed by atoms with E-state index in [9.17, 15) is 4.79 Å². The van der Waals surface area contributed by atoms with Gasteiger partial charge in [0, 0.05) is 11.7 Å². The summed E-state index contributed by atoms with van der Waals surface area (Å²) < 4.78 is 5.42. The number of carbonyl (C=O) groups excluding carboxylic acids is 1. The highest BCUT2D eigenvalue weighted by atomic mass is 16.5. The first kappa shape index (κ1) is 12.4. The first-order valence-corrected chi connectivity index (χ1v) is 5.13. The first-order valence-electron chi connectivity index (χ1n) is 5.13. The van der Waals surface area contributed by atoms with Crippen molar-refractivity contribution in [2.45, 2.75) is 25.8 Å². The Hall–Kier alpha value is -1.62. The summed E-state index contributed by atoms with van der Waals surface area (Å²) in [5.74, 6) is -0.321. The molecule has 1 atom stereocenters. The molecule has 1 unspecified atom stereocenters. The molecule has 0 aliphatic carbocycles. The zero-order valence-electron chi connectivity index (χ0n) is 9.56. The predicted octanol–water partition coefficient (Wildman–Crippen LogP) is 0.687. The lowest BCUT2D eigenvalue weighted by Crippen LogP contribution is -2.41. The highest BCUT2D eigenvalue weighted by Gasteiger charge is 2.18. The molecule has 1 heterocycles. The molecule has 0 saturated carbocycles. The Bertz CT molecular complexity index is 377. The summed E-state index contributed by atoms with van der Waals surface area (Å²) in [5, 5.41) is 0. The highest BCUT2D eigenvalue weighted by molar-refractivity contribution is 5.94. The maximum atomic E-state index is 11.1. The van der Waals surface area contributed by atoms with Crippen molar-refractivity contribution in [2.24, 2.45) is 11.5 Å². The molecule has 0 radical (unpaired) electrons. The molecule has 1 aromatic rings. The molecule has 0 fully saturated rings.